The van der Waals surface area contributed by atoms with E-state index in [-0.39, 0.29) is 11.5 Å². The molecule has 1 saturated carbocycles. The van der Waals surface area contributed by atoms with Crippen molar-refractivity contribution in [1.82, 2.24) is 0 Å². The van der Waals surface area contributed by atoms with Crippen LogP contribution in [0, 0.1) is 0 Å². The standard InChI is InChI=1S/C48H58N4O4/c1-5-9-25-51(26-10-6-2)45-29-17-13-21-33(49)37(29)41(38-30(45)18-14-22-34(38)50)43-47(55)44(48(43)56)42-39-31(19-15-23-35(39)53)46(32-20-16-24-36(54)40(32)42)52(27-11-7-3)28-12-8-4/h13-24,43-44,47-48,53-54H,5-12,25-28,49-50H2,1-4H3/q-2. The summed E-state index contributed by atoms with van der Waals surface area (Å²) in [4.78, 5) is 4.78. The molecule has 2 unspecified atom stereocenters. The predicted molar refractivity (Wildman–Crippen MR) is 232 cm³/mol. The number of unbranched alkanes of at least 4 members (excludes halogenated alkanes) is 4. The van der Waals surface area contributed by atoms with E-state index in [4.69, 9.17) is 11.5 Å². The third-order valence-corrected chi connectivity index (χ3v) is 12.2. The van der Waals surface area contributed by atoms with Gasteiger partial charge in [-0.05, 0) is 72.9 Å². The fourth-order valence-corrected chi connectivity index (χ4v) is 9.46. The third kappa shape index (κ3) is 6.60. The number of aromatic hydroxyl groups is 2. The fraction of sp³-hybridized carbons (Fsp3) is 0.417. The maximum absolute atomic E-state index is 15.2. The van der Waals surface area contributed by atoms with E-state index >= 15 is 10.2 Å². The van der Waals surface area contributed by atoms with Crippen LogP contribution in [-0.2, 0) is 0 Å². The Labute approximate surface area is 331 Å². The van der Waals surface area contributed by atoms with Gasteiger partial charge < -0.3 is 41.7 Å². The zero-order valence-electron chi connectivity index (χ0n) is 33.5. The molecule has 6 aromatic carbocycles. The summed E-state index contributed by atoms with van der Waals surface area (Å²) < 4.78 is 0. The number of anilines is 4. The summed E-state index contributed by atoms with van der Waals surface area (Å²) >= 11 is 0. The average Bonchev–Trinajstić information content (AvgIpc) is 3.19. The van der Waals surface area contributed by atoms with Crippen molar-refractivity contribution in [2.75, 3.05) is 47.4 Å². The van der Waals surface area contributed by atoms with Crippen LogP contribution in [-0.4, -0.2) is 48.6 Å². The molecule has 0 amide bonds. The summed E-state index contributed by atoms with van der Waals surface area (Å²) in [5, 5.41) is 59.6. The molecule has 8 nitrogen and oxygen atoms in total. The van der Waals surface area contributed by atoms with E-state index in [2.05, 4.69) is 49.6 Å². The van der Waals surface area contributed by atoms with Gasteiger partial charge in [0.15, 0.2) is 0 Å². The van der Waals surface area contributed by atoms with Gasteiger partial charge in [-0.25, -0.2) is 0 Å². The Morgan fingerprint density at radius 2 is 0.786 bits per heavy atom. The highest BCUT2D eigenvalue weighted by molar-refractivity contribution is 6.21. The van der Waals surface area contributed by atoms with Gasteiger partial charge in [0.1, 0.15) is 11.5 Å². The monoisotopic (exact) mass is 754 g/mol. The minimum absolute atomic E-state index is 0.00863. The van der Waals surface area contributed by atoms with Crippen LogP contribution in [0.2, 0.25) is 0 Å². The smallest absolute Gasteiger partial charge is 0.123 e. The molecule has 8 heteroatoms. The minimum atomic E-state index is -1.40. The fourth-order valence-electron chi connectivity index (χ4n) is 9.46. The second-order valence-electron chi connectivity index (χ2n) is 15.8. The van der Waals surface area contributed by atoms with Crippen molar-refractivity contribution in [3.8, 4) is 11.5 Å². The van der Waals surface area contributed by atoms with E-state index in [1.807, 2.05) is 48.5 Å². The molecule has 1 aliphatic rings. The molecule has 0 radical (unpaired) electrons. The van der Waals surface area contributed by atoms with Crippen LogP contribution >= 0.6 is 0 Å². The molecule has 0 aromatic heterocycles. The number of hydrogen-bond donors (Lipinski definition) is 4. The second-order valence-corrected chi connectivity index (χ2v) is 15.8. The van der Waals surface area contributed by atoms with Crippen molar-refractivity contribution in [1.29, 1.82) is 0 Å². The summed E-state index contributed by atoms with van der Waals surface area (Å²) in [5.74, 6) is -2.04. The van der Waals surface area contributed by atoms with E-state index < -0.39 is 24.0 Å². The Morgan fingerprint density at radius 1 is 0.482 bits per heavy atom. The van der Waals surface area contributed by atoms with Gasteiger partial charge in [0.05, 0.1) is 11.4 Å². The van der Waals surface area contributed by atoms with Crippen LogP contribution in [0.25, 0.3) is 43.1 Å². The van der Waals surface area contributed by atoms with Gasteiger partial charge >= 0.3 is 0 Å². The molecule has 0 aliphatic heterocycles. The summed E-state index contributed by atoms with van der Waals surface area (Å²) in [7, 11) is 0. The van der Waals surface area contributed by atoms with Crippen molar-refractivity contribution < 1.29 is 20.4 Å². The number of fused-ring (bicyclic) bond motifs is 4. The maximum atomic E-state index is 15.2. The lowest BCUT2D eigenvalue weighted by Crippen LogP contribution is -2.63. The normalized spacial score (nSPS) is 18.2. The summed E-state index contributed by atoms with van der Waals surface area (Å²) in [6.45, 7) is 12.1. The second kappa shape index (κ2) is 16.7. The molecule has 1 aliphatic carbocycles. The van der Waals surface area contributed by atoms with Gasteiger partial charge in [0, 0.05) is 80.6 Å². The van der Waals surface area contributed by atoms with Crippen LogP contribution in [0.1, 0.15) is 102 Å². The maximum Gasteiger partial charge on any atom is 0.123 e. The first-order valence-electron chi connectivity index (χ1n) is 20.9. The van der Waals surface area contributed by atoms with Crippen molar-refractivity contribution in [3.63, 3.8) is 0 Å². The summed E-state index contributed by atoms with van der Waals surface area (Å²) in [6, 6.07) is 22.5. The first-order valence-corrected chi connectivity index (χ1v) is 20.9. The lowest BCUT2D eigenvalue weighted by molar-refractivity contribution is -0.535. The van der Waals surface area contributed by atoms with E-state index in [9.17, 15) is 10.2 Å². The van der Waals surface area contributed by atoms with Gasteiger partial charge in [-0.3, -0.25) is 0 Å². The molecular formula is C48H58N4O4-2. The Kier molecular flexibility index (Phi) is 11.7. The van der Waals surface area contributed by atoms with Crippen molar-refractivity contribution in [2.45, 2.75) is 103 Å². The van der Waals surface area contributed by atoms with Crippen molar-refractivity contribution in [2.24, 2.45) is 0 Å². The predicted octanol–water partition coefficient (Wildman–Crippen LogP) is 9.03. The molecule has 0 bridgehead atoms. The minimum Gasteiger partial charge on any atom is -0.851 e. The highest BCUT2D eigenvalue weighted by atomic mass is 16.3. The lowest BCUT2D eigenvalue weighted by Gasteiger charge is -2.62. The SMILES string of the molecule is CCCCN(CCCC)c1c2cccc(N)c2c(C2C([O-])C(c3c4c(O)cccc4c(N(CCCC)CCCC)c4cccc(O)c34)C2[O-])c2c(N)cccc12. The first-order chi connectivity index (χ1) is 27.2. The Morgan fingerprint density at radius 3 is 1.12 bits per heavy atom. The molecule has 296 valence electrons. The molecule has 0 spiro atoms. The number of phenols is 2. The van der Waals surface area contributed by atoms with Crippen LogP contribution < -0.4 is 31.5 Å². The van der Waals surface area contributed by atoms with Crippen LogP contribution in [0.3, 0.4) is 0 Å². The van der Waals surface area contributed by atoms with Crippen LogP contribution in [0.5, 0.6) is 11.5 Å². The lowest BCUT2D eigenvalue weighted by atomic mass is 9.60. The van der Waals surface area contributed by atoms with Crippen molar-refractivity contribution >= 4 is 65.8 Å². The van der Waals surface area contributed by atoms with Crippen molar-refractivity contribution in [3.05, 3.63) is 83.9 Å². The summed E-state index contributed by atoms with van der Waals surface area (Å²) in [5.41, 5.74) is 17.8. The van der Waals surface area contributed by atoms with Gasteiger partial charge in [0.25, 0.3) is 0 Å². The third-order valence-electron chi connectivity index (χ3n) is 12.2. The highest BCUT2D eigenvalue weighted by Gasteiger charge is 2.43. The molecule has 2 atom stereocenters. The molecule has 6 aromatic rings. The Balaban J connectivity index is 1.47. The van der Waals surface area contributed by atoms with Crippen LogP contribution in [0.4, 0.5) is 22.7 Å². The topological polar surface area (TPSA) is 145 Å². The molecule has 56 heavy (non-hydrogen) atoms. The number of hydrogen-bond acceptors (Lipinski definition) is 8. The summed E-state index contributed by atoms with van der Waals surface area (Å²) in [6.07, 6.45) is 5.30. The number of nitrogen functional groups attached to an aromatic ring is 2. The number of rotatable bonds is 16. The molecule has 1 fully saturated rings. The van der Waals surface area contributed by atoms with E-state index in [1.165, 1.54) is 0 Å². The average molecular weight is 755 g/mol. The molecule has 0 heterocycles. The van der Waals surface area contributed by atoms with Gasteiger partial charge in [0.2, 0.25) is 0 Å². The highest BCUT2D eigenvalue weighted by Crippen LogP contribution is 2.57. The number of phenolic OH excluding ortho intramolecular Hbond substituents is 2. The van der Waals surface area contributed by atoms with Gasteiger partial charge in [-0.1, -0.05) is 102 Å². The van der Waals surface area contributed by atoms with E-state index in [0.717, 1.165) is 110 Å². The van der Waals surface area contributed by atoms with E-state index in [0.29, 0.717) is 44.0 Å². The first kappa shape index (κ1) is 39.3. The Bertz CT molecular complexity index is 2040. The molecule has 6 N–H and O–H groups in total. The zero-order valence-corrected chi connectivity index (χ0v) is 33.5. The number of nitrogens with zero attached hydrogens (tertiary/aromatic N) is 2. The molecular weight excluding hydrogens is 697 g/mol. The van der Waals surface area contributed by atoms with Gasteiger partial charge in [-0.2, -0.15) is 0 Å². The zero-order chi connectivity index (χ0) is 39.7. The van der Waals surface area contributed by atoms with Gasteiger partial charge in [-0.15, -0.1) is 12.2 Å². The largest absolute Gasteiger partial charge is 0.851 e. The molecule has 0 saturated heterocycles. The quantitative estimate of drug-likeness (QED) is 0.0566. The number of benzene rings is 6. The Hall–Kier alpha value is -4.92. The van der Waals surface area contributed by atoms with Crippen LogP contribution in [0.15, 0.2) is 72.8 Å². The number of nitrogens with two attached hydrogens (primary N) is 2. The molecule has 7 rings (SSSR count). The van der Waals surface area contributed by atoms with E-state index in [1.54, 1.807) is 12.1 Å².